The normalized spacial score (nSPS) is 12.7. The number of ether oxygens (including phenoxy) is 1. The van der Waals surface area contributed by atoms with Gasteiger partial charge in [-0.15, -0.1) is 0 Å². The van der Waals surface area contributed by atoms with Crippen LogP contribution in [0.1, 0.15) is 42.1 Å². The molecule has 0 amide bonds. The van der Waals surface area contributed by atoms with Crippen molar-refractivity contribution in [2.45, 2.75) is 44.0 Å². The van der Waals surface area contributed by atoms with Crippen LogP contribution in [0.25, 0.3) is 0 Å². The largest absolute Gasteiger partial charge is 0.480 e. The van der Waals surface area contributed by atoms with E-state index in [1.165, 1.54) is 25.3 Å². The molecule has 8 heteroatoms. The van der Waals surface area contributed by atoms with Crippen LogP contribution in [0.15, 0.2) is 23.1 Å². The number of benzene rings is 1. The molecule has 0 unspecified atom stereocenters. The summed E-state index contributed by atoms with van der Waals surface area (Å²) in [5.41, 5.74) is 0.490. The lowest BCUT2D eigenvalue weighted by atomic mass is 10.1. The van der Waals surface area contributed by atoms with Crippen LogP contribution in [0.3, 0.4) is 0 Å². The lowest BCUT2D eigenvalue weighted by Gasteiger charge is -2.16. The number of carboxylic acids is 1. The third kappa shape index (κ3) is 5.04. The maximum Gasteiger partial charge on any atom is 0.337 e. The Balaban J connectivity index is 3.16. The van der Waals surface area contributed by atoms with Gasteiger partial charge in [0.05, 0.1) is 17.6 Å². The molecular weight excluding hydrogens is 322 g/mol. The van der Waals surface area contributed by atoms with E-state index < -0.39 is 28.0 Å². The van der Waals surface area contributed by atoms with Gasteiger partial charge in [0.15, 0.2) is 0 Å². The number of esters is 1. The number of hydrogen-bond donors (Lipinski definition) is 2. The van der Waals surface area contributed by atoms with Crippen LogP contribution in [0.4, 0.5) is 0 Å². The second kappa shape index (κ2) is 8.07. The Kier molecular flexibility index (Phi) is 6.71. The third-order valence-corrected chi connectivity index (χ3v) is 4.95. The first-order chi connectivity index (χ1) is 10.7. The van der Waals surface area contributed by atoms with Gasteiger partial charge < -0.3 is 9.84 Å². The van der Waals surface area contributed by atoms with Crippen molar-refractivity contribution in [1.82, 2.24) is 4.72 Å². The van der Waals surface area contributed by atoms with Crippen molar-refractivity contribution < 1.29 is 27.9 Å². The fraction of sp³-hybridized carbons (Fsp3) is 0.467. The summed E-state index contributed by atoms with van der Waals surface area (Å²) in [5, 5.41) is 9.16. The average molecular weight is 343 g/mol. The molecule has 0 bridgehead atoms. The topological polar surface area (TPSA) is 110 Å². The maximum absolute atomic E-state index is 12.5. The lowest BCUT2D eigenvalue weighted by Crippen LogP contribution is -2.40. The fourth-order valence-electron chi connectivity index (χ4n) is 2.03. The van der Waals surface area contributed by atoms with Gasteiger partial charge in [-0.05, 0) is 31.0 Å². The van der Waals surface area contributed by atoms with Crippen molar-refractivity contribution in [3.8, 4) is 0 Å². The van der Waals surface area contributed by atoms with Crippen LogP contribution in [0.5, 0.6) is 0 Å². The maximum atomic E-state index is 12.5. The Morgan fingerprint density at radius 3 is 2.52 bits per heavy atom. The first-order valence-electron chi connectivity index (χ1n) is 7.17. The zero-order valence-electron chi connectivity index (χ0n) is 13.3. The number of aryl methyl sites for hydroxylation is 1. The van der Waals surface area contributed by atoms with E-state index in [4.69, 9.17) is 5.11 Å². The molecule has 0 fully saturated rings. The number of hydrogen-bond acceptors (Lipinski definition) is 5. The lowest BCUT2D eigenvalue weighted by molar-refractivity contribution is -0.139. The predicted molar refractivity (Wildman–Crippen MR) is 83.8 cm³/mol. The van der Waals surface area contributed by atoms with E-state index in [1.54, 1.807) is 6.92 Å². The number of aliphatic carboxylic acids is 1. The second-order valence-electron chi connectivity index (χ2n) is 5.13. The highest BCUT2D eigenvalue weighted by molar-refractivity contribution is 7.89. The highest BCUT2D eigenvalue weighted by Crippen LogP contribution is 2.19. The van der Waals surface area contributed by atoms with E-state index in [9.17, 15) is 18.0 Å². The molecule has 0 saturated heterocycles. The summed E-state index contributed by atoms with van der Waals surface area (Å²) in [6, 6.07) is 2.90. The number of methoxy groups -OCH3 is 1. The Hall–Kier alpha value is -1.93. The van der Waals surface area contributed by atoms with E-state index in [2.05, 4.69) is 9.46 Å². The SMILES string of the molecule is CCCC[C@H](NS(=O)(=O)c1cc(C(=O)OC)ccc1C)C(=O)O. The van der Waals surface area contributed by atoms with Crippen LogP contribution >= 0.6 is 0 Å². The van der Waals surface area contributed by atoms with Gasteiger partial charge in [-0.2, -0.15) is 4.72 Å². The highest BCUT2D eigenvalue weighted by atomic mass is 32.2. The number of unbranched alkanes of at least 4 members (excludes halogenated alkanes) is 1. The fourth-order valence-corrected chi connectivity index (χ4v) is 3.52. The monoisotopic (exact) mass is 343 g/mol. The molecule has 1 rings (SSSR count). The third-order valence-electron chi connectivity index (χ3n) is 3.34. The van der Waals surface area contributed by atoms with Gasteiger partial charge in [0, 0.05) is 0 Å². The molecule has 1 aromatic rings. The zero-order chi connectivity index (χ0) is 17.6. The molecule has 128 valence electrons. The highest BCUT2D eigenvalue weighted by Gasteiger charge is 2.26. The summed E-state index contributed by atoms with van der Waals surface area (Å²) in [6.45, 7) is 3.45. The molecule has 0 aliphatic heterocycles. The molecule has 1 aromatic carbocycles. The molecule has 1 atom stereocenters. The smallest absolute Gasteiger partial charge is 0.337 e. The van der Waals surface area contributed by atoms with E-state index in [0.717, 1.165) is 6.42 Å². The van der Waals surface area contributed by atoms with Gasteiger partial charge in [-0.1, -0.05) is 25.8 Å². The molecule has 0 saturated carbocycles. The molecule has 0 aromatic heterocycles. The van der Waals surface area contributed by atoms with Crippen molar-refractivity contribution >= 4 is 22.0 Å². The van der Waals surface area contributed by atoms with E-state index in [0.29, 0.717) is 12.0 Å². The summed E-state index contributed by atoms with van der Waals surface area (Å²) in [6.07, 6.45) is 1.53. The molecule has 0 heterocycles. The van der Waals surface area contributed by atoms with Gasteiger partial charge in [-0.3, -0.25) is 4.79 Å². The Bertz CT molecular complexity index is 683. The Morgan fingerprint density at radius 2 is 2.00 bits per heavy atom. The summed E-state index contributed by atoms with van der Waals surface area (Å²) < 4.78 is 31.7. The predicted octanol–water partition coefficient (Wildman–Crippen LogP) is 1.70. The van der Waals surface area contributed by atoms with Gasteiger partial charge in [-0.25, -0.2) is 13.2 Å². The Labute approximate surface area is 135 Å². The minimum atomic E-state index is -4.07. The number of carboxylic acid groups (broad SMARTS) is 1. The van der Waals surface area contributed by atoms with Gasteiger partial charge in [0.1, 0.15) is 6.04 Å². The van der Waals surface area contributed by atoms with E-state index in [-0.39, 0.29) is 16.9 Å². The summed E-state index contributed by atoms with van der Waals surface area (Å²) >= 11 is 0. The van der Waals surface area contributed by atoms with E-state index in [1.807, 2.05) is 6.92 Å². The average Bonchev–Trinajstić information content (AvgIpc) is 2.50. The zero-order valence-corrected chi connectivity index (χ0v) is 14.1. The standard InChI is InChI=1S/C15H21NO6S/c1-4-5-6-12(14(17)18)16-23(20,21)13-9-11(15(19)22-3)8-7-10(13)2/h7-9,12,16H,4-6H2,1-3H3,(H,17,18)/t12-/m0/s1. The number of rotatable bonds is 8. The van der Waals surface area contributed by atoms with Crippen molar-refractivity contribution in [3.05, 3.63) is 29.3 Å². The molecule has 23 heavy (non-hydrogen) atoms. The summed E-state index contributed by atoms with van der Waals surface area (Å²) in [5.74, 6) is -1.90. The molecule has 0 radical (unpaired) electrons. The molecule has 0 aliphatic rings. The number of nitrogens with one attached hydrogen (secondary N) is 1. The van der Waals surface area contributed by atoms with Crippen molar-refractivity contribution in [3.63, 3.8) is 0 Å². The minimum Gasteiger partial charge on any atom is -0.480 e. The molecule has 0 spiro atoms. The van der Waals surface area contributed by atoms with Crippen molar-refractivity contribution in [1.29, 1.82) is 0 Å². The number of carbonyl (C=O) groups excluding carboxylic acids is 1. The first kappa shape index (κ1) is 19.1. The second-order valence-corrected chi connectivity index (χ2v) is 6.81. The first-order valence-corrected chi connectivity index (χ1v) is 8.65. The van der Waals surface area contributed by atoms with Crippen LogP contribution in [0, 0.1) is 6.92 Å². The van der Waals surface area contributed by atoms with Crippen molar-refractivity contribution in [2.24, 2.45) is 0 Å². The molecule has 0 aliphatic carbocycles. The summed E-state index contributed by atoms with van der Waals surface area (Å²) in [4.78, 5) is 22.6. The van der Waals surface area contributed by atoms with Crippen LogP contribution in [-0.2, 0) is 19.6 Å². The summed E-state index contributed by atoms with van der Waals surface area (Å²) in [7, 11) is -2.87. The number of carbonyl (C=O) groups is 2. The number of sulfonamides is 1. The quantitative estimate of drug-likeness (QED) is 0.695. The van der Waals surface area contributed by atoms with Gasteiger partial charge in [0.2, 0.25) is 10.0 Å². The van der Waals surface area contributed by atoms with Crippen LogP contribution in [-0.4, -0.2) is 38.6 Å². The Morgan fingerprint density at radius 1 is 1.35 bits per heavy atom. The van der Waals surface area contributed by atoms with Gasteiger partial charge in [0.25, 0.3) is 0 Å². The minimum absolute atomic E-state index is 0.0823. The van der Waals surface area contributed by atoms with Crippen LogP contribution in [0.2, 0.25) is 0 Å². The van der Waals surface area contributed by atoms with Crippen LogP contribution < -0.4 is 4.72 Å². The molecule has 7 nitrogen and oxygen atoms in total. The van der Waals surface area contributed by atoms with E-state index >= 15 is 0 Å². The van der Waals surface area contributed by atoms with Gasteiger partial charge >= 0.3 is 11.9 Å². The molecular formula is C15H21NO6S. The van der Waals surface area contributed by atoms with Crippen molar-refractivity contribution in [2.75, 3.05) is 7.11 Å². The molecule has 2 N–H and O–H groups in total.